The highest BCUT2D eigenvalue weighted by Gasteiger charge is 2.21. The number of hydrogen-bond donors (Lipinski definition) is 1. The van der Waals surface area contributed by atoms with Crippen LogP contribution in [0.4, 0.5) is 5.82 Å². The standard InChI is InChI=1S/C17H28N4O2/c1-14(13-21-8-4-5-17(21)22)18-11-15-6-7-16(19-12-15)20(2)9-10-23-3/h6-7,12,14,18H,4-5,8-11,13H2,1-3H3/t14-/m1/s1. The molecule has 128 valence electrons. The van der Waals surface area contributed by atoms with Crippen LogP contribution < -0.4 is 10.2 Å². The fraction of sp³-hybridized carbons (Fsp3) is 0.647. The first-order valence-electron chi connectivity index (χ1n) is 8.26. The highest BCUT2D eigenvalue weighted by atomic mass is 16.5. The van der Waals surface area contributed by atoms with Crippen molar-refractivity contribution in [2.75, 3.05) is 45.3 Å². The summed E-state index contributed by atoms with van der Waals surface area (Å²) in [7, 11) is 3.71. The molecule has 23 heavy (non-hydrogen) atoms. The van der Waals surface area contributed by atoms with Crippen molar-refractivity contribution in [2.45, 2.75) is 32.4 Å². The molecule has 1 aromatic rings. The van der Waals surface area contributed by atoms with E-state index in [1.807, 2.05) is 24.2 Å². The molecule has 0 bridgehead atoms. The van der Waals surface area contributed by atoms with Gasteiger partial charge in [-0.15, -0.1) is 0 Å². The number of carbonyl (C=O) groups excluding carboxylic acids is 1. The molecule has 0 radical (unpaired) electrons. The summed E-state index contributed by atoms with van der Waals surface area (Å²) in [4.78, 5) is 20.1. The lowest BCUT2D eigenvalue weighted by Crippen LogP contribution is -2.39. The highest BCUT2D eigenvalue weighted by molar-refractivity contribution is 5.78. The summed E-state index contributed by atoms with van der Waals surface area (Å²) in [5, 5.41) is 3.46. The van der Waals surface area contributed by atoms with E-state index in [0.29, 0.717) is 13.0 Å². The molecule has 0 spiro atoms. The Balaban J connectivity index is 1.76. The number of amides is 1. The van der Waals surface area contributed by atoms with Gasteiger partial charge in [-0.05, 0) is 25.0 Å². The number of anilines is 1. The summed E-state index contributed by atoms with van der Waals surface area (Å²) in [6.45, 7) is 6.07. The molecule has 1 amide bonds. The van der Waals surface area contributed by atoms with Crippen LogP contribution in [0.25, 0.3) is 0 Å². The van der Waals surface area contributed by atoms with Crippen LogP contribution in [0.15, 0.2) is 18.3 Å². The molecular weight excluding hydrogens is 292 g/mol. The molecule has 1 saturated heterocycles. The minimum Gasteiger partial charge on any atom is -0.383 e. The number of ether oxygens (including phenoxy) is 1. The third-order valence-electron chi connectivity index (χ3n) is 4.15. The number of hydrogen-bond acceptors (Lipinski definition) is 5. The van der Waals surface area contributed by atoms with E-state index >= 15 is 0 Å². The van der Waals surface area contributed by atoms with Gasteiger partial charge in [0, 0.05) is 59.0 Å². The maximum absolute atomic E-state index is 11.6. The van der Waals surface area contributed by atoms with E-state index in [1.165, 1.54) is 0 Å². The van der Waals surface area contributed by atoms with E-state index in [1.54, 1.807) is 7.11 Å². The first-order chi connectivity index (χ1) is 11.1. The van der Waals surface area contributed by atoms with Crippen LogP contribution in [-0.4, -0.2) is 62.2 Å². The predicted octanol–water partition coefficient (Wildman–Crippen LogP) is 1.26. The summed E-state index contributed by atoms with van der Waals surface area (Å²) < 4.78 is 5.08. The largest absolute Gasteiger partial charge is 0.383 e. The number of rotatable bonds is 9. The van der Waals surface area contributed by atoms with Crippen LogP contribution in [0.1, 0.15) is 25.3 Å². The molecular formula is C17H28N4O2. The number of pyridine rings is 1. The number of methoxy groups -OCH3 is 1. The molecule has 6 nitrogen and oxygen atoms in total. The first kappa shape index (κ1) is 17.7. The molecule has 2 heterocycles. The summed E-state index contributed by atoms with van der Waals surface area (Å²) in [5.74, 6) is 1.23. The third-order valence-corrected chi connectivity index (χ3v) is 4.15. The lowest BCUT2D eigenvalue weighted by molar-refractivity contribution is -0.127. The van der Waals surface area contributed by atoms with Crippen molar-refractivity contribution < 1.29 is 9.53 Å². The number of likely N-dealkylation sites (N-methyl/N-ethyl adjacent to an activating group) is 1. The van der Waals surface area contributed by atoms with Crippen molar-refractivity contribution in [3.05, 3.63) is 23.9 Å². The van der Waals surface area contributed by atoms with Crippen molar-refractivity contribution in [1.29, 1.82) is 0 Å². The van der Waals surface area contributed by atoms with Crippen molar-refractivity contribution >= 4 is 11.7 Å². The smallest absolute Gasteiger partial charge is 0.222 e. The van der Waals surface area contributed by atoms with Gasteiger partial charge in [-0.3, -0.25) is 4.79 Å². The van der Waals surface area contributed by atoms with Crippen LogP contribution in [0.5, 0.6) is 0 Å². The molecule has 6 heteroatoms. The Kier molecular flexibility index (Phi) is 6.80. The van der Waals surface area contributed by atoms with Crippen molar-refractivity contribution in [1.82, 2.24) is 15.2 Å². The second-order valence-corrected chi connectivity index (χ2v) is 6.16. The Labute approximate surface area is 138 Å². The lowest BCUT2D eigenvalue weighted by atomic mass is 10.2. The molecule has 1 atom stereocenters. The van der Waals surface area contributed by atoms with Crippen LogP contribution in [0.3, 0.4) is 0 Å². The quantitative estimate of drug-likeness (QED) is 0.742. The van der Waals surface area contributed by atoms with Gasteiger partial charge in [-0.25, -0.2) is 4.98 Å². The maximum atomic E-state index is 11.6. The summed E-state index contributed by atoms with van der Waals surface area (Å²) in [6.07, 6.45) is 3.60. The molecule has 1 fully saturated rings. The van der Waals surface area contributed by atoms with Gasteiger partial charge >= 0.3 is 0 Å². The van der Waals surface area contributed by atoms with Crippen molar-refractivity contribution in [2.24, 2.45) is 0 Å². The SMILES string of the molecule is COCCN(C)c1ccc(CN[C@H](C)CN2CCCC2=O)cn1. The molecule has 1 aliphatic rings. The predicted molar refractivity (Wildman–Crippen MR) is 91.5 cm³/mol. The number of aromatic nitrogens is 1. The zero-order valence-corrected chi connectivity index (χ0v) is 14.4. The van der Waals surface area contributed by atoms with Gasteiger partial charge in [0.15, 0.2) is 0 Å². The summed E-state index contributed by atoms with van der Waals surface area (Å²) in [5.41, 5.74) is 1.15. The number of likely N-dealkylation sites (tertiary alicyclic amines) is 1. The average molecular weight is 320 g/mol. The molecule has 1 aliphatic heterocycles. The Morgan fingerprint density at radius 3 is 2.91 bits per heavy atom. The molecule has 1 aromatic heterocycles. The van der Waals surface area contributed by atoms with Crippen molar-refractivity contribution in [3.8, 4) is 0 Å². The van der Waals surface area contributed by atoms with E-state index in [9.17, 15) is 4.79 Å². The van der Waals surface area contributed by atoms with Crippen LogP contribution in [0, 0.1) is 0 Å². The molecule has 0 unspecified atom stereocenters. The second kappa shape index (κ2) is 8.84. The summed E-state index contributed by atoms with van der Waals surface area (Å²) >= 11 is 0. The van der Waals surface area contributed by atoms with E-state index < -0.39 is 0 Å². The molecule has 1 N–H and O–H groups in total. The van der Waals surface area contributed by atoms with E-state index in [4.69, 9.17) is 4.74 Å². The molecule has 2 rings (SSSR count). The zero-order chi connectivity index (χ0) is 16.7. The summed E-state index contributed by atoms with van der Waals surface area (Å²) in [6, 6.07) is 4.40. The minimum absolute atomic E-state index is 0.279. The Morgan fingerprint density at radius 2 is 2.30 bits per heavy atom. The average Bonchev–Trinajstić information content (AvgIpc) is 2.96. The maximum Gasteiger partial charge on any atom is 0.222 e. The van der Waals surface area contributed by atoms with E-state index in [0.717, 1.165) is 44.0 Å². The monoisotopic (exact) mass is 320 g/mol. The first-order valence-corrected chi connectivity index (χ1v) is 8.26. The third kappa shape index (κ3) is 5.48. The van der Waals surface area contributed by atoms with Gasteiger partial charge in [-0.1, -0.05) is 6.07 Å². The van der Waals surface area contributed by atoms with Crippen LogP contribution >= 0.6 is 0 Å². The van der Waals surface area contributed by atoms with Gasteiger partial charge < -0.3 is 19.9 Å². The van der Waals surface area contributed by atoms with Gasteiger partial charge in [0.1, 0.15) is 5.82 Å². The zero-order valence-electron chi connectivity index (χ0n) is 14.4. The Hall–Kier alpha value is -1.66. The fourth-order valence-electron chi connectivity index (χ4n) is 2.67. The molecule has 0 saturated carbocycles. The number of carbonyl (C=O) groups is 1. The fourth-order valence-corrected chi connectivity index (χ4v) is 2.67. The number of nitrogens with zero attached hydrogens (tertiary/aromatic N) is 3. The van der Waals surface area contributed by atoms with Crippen LogP contribution in [-0.2, 0) is 16.1 Å². The molecule has 0 aromatic carbocycles. The van der Waals surface area contributed by atoms with Gasteiger partial charge in [0.25, 0.3) is 0 Å². The second-order valence-electron chi connectivity index (χ2n) is 6.16. The minimum atomic E-state index is 0.279. The van der Waals surface area contributed by atoms with Gasteiger partial charge in [0.2, 0.25) is 5.91 Å². The lowest BCUT2D eigenvalue weighted by Gasteiger charge is -2.22. The number of nitrogens with one attached hydrogen (secondary N) is 1. The van der Waals surface area contributed by atoms with E-state index in [2.05, 4.69) is 28.2 Å². The van der Waals surface area contributed by atoms with Gasteiger partial charge in [-0.2, -0.15) is 0 Å². The normalized spacial score (nSPS) is 16.0. The molecule has 0 aliphatic carbocycles. The topological polar surface area (TPSA) is 57.7 Å². The Morgan fingerprint density at radius 1 is 1.48 bits per heavy atom. The highest BCUT2D eigenvalue weighted by Crippen LogP contribution is 2.11. The Bertz CT molecular complexity index is 492. The van der Waals surface area contributed by atoms with Crippen LogP contribution in [0.2, 0.25) is 0 Å². The van der Waals surface area contributed by atoms with Crippen molar-refractivity contribution in [3.63, 3.8) is 0 Å². The van der Waals surface area contributed by atoms with E-state index in [-0.39, 0.29) is 11.9 Å². The van der Waals surface area contributed by atoms with Gasteiger partial charge in [0.05, 0.1) is 6.61 Å².